The van der Waals surface area contributed by atoms with E-state index >= 15 is 0 Å². The third-order valence-corrected chi connectivity index (χ3v) is 8.24. The van der Waals surface area contributed by atoms with Crippen molar-refractivity contribution in [3.63, 3.8) is 0 Å². The molecule has 1 aliphatic carbocycles. The molecule has 3 aliphatic rings. The van der Waals surface area contributed by atoms with Gasteiger partial charge in [0.15, 0.2) is 16.5 Å². The number of nitrogens with zero attached hydrogens (tertiary/aromatic N) is 3. The van der Waals surface area contributed by atoms with E-state index in [1.54, 1.807) is 30.3 Å². The third kappa shape index (κ3) is 4.76. The van der Waals surface area contributed by atoms with Gasteiger partial charge in [0.25, 0.3) is 10.0 Å². The number of anilines is 2. The number of likely N-dealkylation sites (tertiary alicyclic amines) is 1. The Labute approximate surface area is 204 Å². The van der Waals surface area contributed by atoms with Crippen LogP contribution in [0.25, 0.3) is 0 Å². The SMILES string of the molecule is O=S(=O)(Nc1ccccc1)c1ccc(NC2C[C@@H]3CN(Cc4ccc5c(c4)OCO5)C[C@@H]3C2)nn1. The van der Waals surface area contributed by atoms with Crippen molar-refractivity contribution in [1.29, 1.82) is 0 Å². The predicted molar refractivity (Wildman–Crippen MR) is 131 cm³/mol. The summed E-state index contributed by atoms with van der Waals surface area (Å²) in [6.07, 6.45) is 2.14. The van der Waals surface area contributed by atoms with Crippen LogP contribution < -0.4 is 19.5 Å². The number of hydrogen-bond donors (Lipinski definition) is 2. The summed E-state index contributed by atoms with van der Waals surface area (Å²) in [5, 5.41) is 11.4. The van der Waals surface area contributed by atoms with Gasteiger partial charge in [0.05, 0.1) is 0 Å². The topological polar surface area (TPSA) is 106 Å². The lowest BCUT2D eigenvalue weighted by Crippen LogP contribution is -2.25. The minimum absolute atomic E-state index is 0.102. The average molecular weight is 494 g/mol. The van der Waals surface area contributed by atoms with Crippen molar-refractivity contribution in [3.8, 4) is 11.5 Å². The standard InChI is InChI=1S/C25H27N5O4S/c31-35(32,29-20-4-2-1-3-5-20)25-9-8-24(27-28-25)26-21-11-18-14-30(15-19(18)12-21)13-17-6-7-22-23(10-17)34-16-33-22/h1-10,18-19,21,29H,11-16H2,(H,26,27)/t18-,19+,21?. The summed E-state index contributed by atoms with van der Waals surface area (Å²) in [4.78, 5) is 2.52. The van der Waals surface area contributed by atoms with Crippen molar-refractivity contribution in [2.24, 2.45) is 11.8 Å². The van der Waals surface area contributed by atoms with Crippen LogP contribution >= 0.6 is 0 Å². The van der Waals surface area contributed by atoms with Crippen molar-refractivity contribution < 1.29 is 17.9 Å². The van der Waals surface area contributed by atoms with E-state index in [0.29, 0.717) is 36.2 Å². The minimum Gasteiger partial charge on any atom is -0.454 e. The Morgan fingerprint density at radius 1 is 0.914 bits per heavy atom. The first-order valence-corrected chi connectivity index (χ1v) is 13.3. The highest BCUT2D eigenvalue weighted by atomic mass is 32.2. The van der Waals surface area contributed by atoms with Crippen LogP contribution in [0.3, 0.4) is 0 Å². The molecule has 1 saturated heterocycles. The Hall–Kier alpha value is -3.37. The maximum atomic E-state index is 12.6. The first-order chi connectivity index (χ1) is 17.0. The quantitative estimate of drug-likeness (QED) is 0.516. The van der Waals surface area contributed by atoms with Crippen molar-refractivity contribution in [3.05, 3.63) is 66.2 Å². The smallest absolute Gasteiger partial charge is 0.281 e. The zero-order valence-electron chi connectivity index (χ0n) is 19.1. The van der Waals surface area contributed by atoms with Gasteiger partial charge in [0.2, 0.25) is 6.79 Å². The molecule has 35 heavy (non-hydrogen) atoms. The molecule has 9 nitrogen and oxygen atoms in total. The minimum atomic E-state index is -3.78. The van der Waals surface area contributed by atoms with Gasteiger partial charge in [-0.1, -0.05) is 24.3 Å². The zero-order chi connectivity index (χ0) is 23.8. The van der Waals surface area contributed by atoms with Gasteiger partial charge in [-0.25, -0.2) is 0 Å². The molecule has 2 aromatic carbocycles. The van der Waals surface area contributed by atoms with Gasteiger partial charge in [-0.05, 0) is 66.6 Å². The zero-order valence-corrected chi connectivity index (χ0v) is 19.9. The van der Waals surface area contributed by atoms with E-state index in [4.69, 9.17) is 9.47 Å². The number of hydrogen-bond acceptors (Lipinski definition) is 8. The Morgan fingerprint density at radius 3 is 2.43 bits per heavy atom. The Kier molecular flexibility index (Phi) is 5.69. The largest absolute Gasteiger partial charge is 0.454 e. The van der Waals surface area contributed by atoms with Crippen molar-refractivity contribution in [2.75, 3.05) is 29.9 Å². The highest BCUT2D eigenvalue weighted by Crippen LogP contribution is 2.40. The summed E-state index contributed by atoms with van der Waals surface area (Å²) >= 11 is 0. The lowest BCUT2D eigenvalue weighted by Gasteiger charge is -2.20. The van der Waals surface area contributed by atoms with E-state index in [9.17, 15) is 8.42 Å². The molecule has 2 fully saturated rings. The van der Waals surface area contributed by atoms with Gasteiger partial charge in [-0.2, -0.15) is 8.42 Å². The molecule has 2 aliphatic heterocycles. The molecule has 2 N–H and O–H groups in total. The lowest BCUT2D eigenvalue weighted by molar-refractivity contribution is 0.174. The van der Waals surface area contributed by atoms with Gasteiger partial charge in [0.1, 0.15) is 5.82 Å². The molecule has 3 atom stereocenters. The summed E-state index contributed by atoms with van der Waals surface area (Å²) in [6.45, 7) is 3.37. The third-order valence-electron chi connectivity index (χ3n) is 6.96. The summed E-state index contributed by atoms with van der Waals surface area (Å²) < 4.78 is 38.5. The molecule has 0 radical (unpaired) electrons. The van der Waals surface area contributed by atoms with E-state index in [1.165, 1.54) is 11.6 Å². The van der Waals surface area contributed by atoms with Crippen LogP contribution in [0.5, 0.6) is 11.5 Å². The fourth-order valence-electron chi connectivity index (χ4n) is 5.40. The molecule has 6 rings (SSSR count). The number of benzene rings is 2. The van der Waals surface area contributed by atoms with Crippen LogP contribution in [-0.2, 0) is 16.6 Å². The number of aromatic nitrogens is 2. The number of rotatable bonds is 7. The lowest BCUT2D eigenvalue weighted by atomic mass is 10.0. The molecule has 0 amide bonds. The predicted octanol–water partition coefficient (Wildman–Crippen LogP) is 3.33. The van der Waals surface area contributed by atoms with Crippen LogP contribution in [0.2, 0.25) is 0 Å². The number of nitrogens with one attached hydrogen (secondary N) is 2. The first-order valence-electron chi connectivity index (χ1n) is 11.8. The molecular weight excluding hydrogens is 466 g/mol. The van der Waals surface area contributed by atoms with Crippen molar-refractivity contribution >= 4 is 21.5 Å². The average Bonchev–Trinajstić information content (AvgIpc) is 3.55. The summed E-state index contributed by atoms with van der Waals surface area (Å²) in [6, 6.07) is 18.4. The summed E-state index contributed by atoms with van der Waals surface area (Å²) in [7, 11) is -3.78. The van der Waals surface area contributed by atoms with Gasteiger partial charge >= 0.3 is 0 Å². The van der Waals surface area contributed by atoms with E-state index in [-0.39, 0.29) is 5.03 Å². The Morgan fingerprint density at radius 2 is 1.69 bits per heavy atom. The van der Waals surface area contributed by atoms with E-state index in [0.717, 1.165) is 44.0 Å². The Balaban J connectivity index is 1.02. The first kappa shape index (κ1) is 22.1. The van der Waals surface area contributed by atoms with Crippen LogP contribution in [-0.4, -0.2) is 49.4 Å². The maximum absolute atomic E-state index is 12.6. The second-order valence-corrected chi connectivity index (χ2v) is 11.1. The highest BCUT2D eigenvalue weighted by Gasteiger charge is 2.41. The molecule has 3 aromatic rings. The van der Waals surface area contributed by atoms with Crippen LogP contribution in [0, 0.1) is 11.8 Å². The molecule has 1 unspecified atom stereocenters. The van der Waals surface area contributed by atoms with Crippen LogP contribution in [0.1, 0.15) is 18.4 Å². The van der Waals surface area contributed by atoms with Crippen LogP contribution in [0.15, 0.2) is 65.7 Å². The fourth-order valence-corrected chi connectivity index (χ4v) is 6.35. The van der Waals surface area contributed by atoms with Gasteiger partial charge in [-0.15, -0.1) is 10.2 Å². The molecular formula is C25H27N5O4S. The highest BCUT2D eigenvalue weighted by molar-refractivity contribution is 7.92. The molecule has 1 aromatic heterocycles. The second kappa shape index (κ2) is 9.01. The molecule has 0 bridgehead atoms. The number of fused-ring (bicyclic) bond motifs is 2. The van der Waals surface area contributed by atoms with Crippen molar-refractivity contribution in [1.82, 2.24) is 15.1 Å². The maximum Gasteiger partial charge on any atom is 0.281 e. The van der Waals surface area contributed by atoms with Gasteiger partial charge in [-0.3, -0.25) is 9.62 Å². The number of sulfonamides is 1. The van der Waals surface area contributed by atoms with Gasteiger partial charge in [0, 0.05) is 31.4 Å². The monoisotopic (exact) mass is 493 g/mol. The number of para-hydroxylation sites is 1. The normalized spacial score (nSPS) is 23.3. The van der Waals surface area contributed by atoms with E-state index in [2.05, 4.69) is 37.3 Å². The van der Waals surface area contributed by atoms with Gasteiger partial charge < -0.3 is 14.8 Å². The van der Waals surface area contributed by atoms with E-state index in [1.807, 2.05) is 12.1 Å². The molecule has 0 spiro atoms. The summed E-state index contributed by atoms with van der Waals surface area (Å²) in [5.74, 6) is 3.54. The molecule has 3 heterocycles. The number of ether oxygens (including phenoxy) is 2. The van der Waals surface area contributed by atoms with Crippen LogP contribution in [0.4, 0.5) is 11.5 Å². The molecule has 182 valence electrons. The fraction of sp³-hybridized carbons (Fsp3) is 0.360. The summed E-state index contributed by atoms with van der Waals surface area (Å²) in [5.41, 5.74) is 1.73. The Bertz CT molecular complexity index is 1290. The molecule has 1 saturated carbocycles. The van der Waals surface area contributed by atoms with Crippen molar-refractivity contribution in [2.45, 2.75) is 30.5 Å². The second-order valence-electron chi connectivity index (χ2n) is 9.44. The molecule has 10 heteroatoms. The van der Waals surface area contributed by atoms with E-state index < -0.39 is 10.0 Å².